The lowest BCUT2D eigenvalue weighted by atomic mass is 9.47. The number of rotatable bonds is 3. The van der Waals surface area contributed by atoms with Crippen molar-refractivity contribution in [2.45, 2.75) is 84.5 Å². The second kappa shape index (κ2) is 5.74. The summed E-state index contributed by atoms with van der Waals surface area (Å²) in [7, 11) is 0. The Morgan fingerprint density at radius 2 is 2.00 bits per heavy atom. The lowest BCUT2D eigenvalue weighted by molar-refractivity contribution is -0.108. The minimum Gasteiger partial charge on any atom is -0.303 e. The van der Waals surface area contributed by atoms with Gasteiger partial charge in [0.15, 0.2) is 0 Å². The van der Waals surface area contributed by atoms with Crippen LogP contribution in [0.15, 0.2) is 11.6 Å². The van der Waals surface area contributed by atoms with E-state index in [2.05, 4.69) is 19.9 Å². The highest BCUT2D eigenvalue weighted by molar-refractivity contribution is 5.49. The summed E-state index contributed by atoms with van der Waals surface area (Å²) < 4.78 is 0. The smallest absolute Gasteiger partial charge is 0.120 e. The maximum atomic E-state index is 10.8. The van der Waals surface area contributed by atoms with Crippen LogP contribution in [0.25, 0.3) is 0 Å². The highest BCUT2D eigenvalue weighted by atomic mass is 16.1. The average Bonchev–Trinajstić information content (AvgIpc) is 2.89. The maximum absolute atomic E-state index is 10.8. The highest BCUT2D eigenvalue weighted by Crippen LogP contribution is 2.66. The van der Waals surface area contributed by atoms with Gasteiger partial charge in [-0.15, -0.1) is 0 Å². The fourth-order valence-corrected chi connectivity index (χ4v) is 7.55. The van der Waals surface area contributed by atoms with Crippen molar-refractivity contribution in [2.24, 2.45) is 34.5 Å². The largest absolute Gasteiger partial charge is 0.303 e. The first kappa shape index (κ1) is 15.9. The van der Waals surface area contributed by atoms with Crippen molar-refractivity contribution in [3.8, 4) is 0 Å². The zero-order valence-corrected chi connectivity index (χ0v) is 15.2. The first-order chi connectivity index (χ1) is 11.1. The quantitative estimate of drug-likeness (QED) is 0.466. The molecule has 4 aliphatic rings. The number of aldehydes is 1. The summed E-state index contributed by atoms with van der Waals surface area (Å²) >= 11 is 0. The van der Waals surface area contributed by atoms with Crippen LogP contribution in [0.4, 0.5) is 0 Å². The second-order valence-corrected chi connectivity index (χ2v) is 9.53. The molecule has 0 spiro atoms. The van der Waals surface area contributed by atoms with Crippen molar-refractivity contribution < 1.29 is 4.79 Å². The van der Waals surface area contributed by atoms with E-state index in [4.69, 9.17) is 0 Å². The van der Waals surface area contributed by atoms with Crippen LogP contribution in [-0.4, -0.2) is 6.29 Å². The summed E-state index contributed by atoms with van der Waals surface area (Å²) in [6, 6.07) is 0. The number of fused-ring (bicyclic) bond motifs is 5. The van der Waals surface area contributed by atoms with Crippen molar-refractivity contribution in [2.75, 3.05) is 0 Å². The normalized spacial score (nSPS) is 48.9. The zero-order valence-electron chi connectivity index (χ0n) is 15.2. The molecule has 0 aliphatic heterocycles. The molecule has 128 valence electrons. The van der Waals surface area contributed by atoms with Gasteiger partial charge in [-0.05, 0) is 92.3 Å². The molecule has 0 aromatic carbocycles. The minimum atomic E-state index is 0.528. The third-order valence-corrected chi connectivity index (χ3v) is 8.85. The Bertz CT molecular complexity index is 506. The molecule has 3 fully saturated rings. The molecule has 0 N–H and O–H groups in total. The molecular weight excluding hydrogens is 280 g/mol. The molecule has 0 amide bonds. The van der Waals surface area contributed by atoms with Crippen molar-refractivity contribution in [1.82, 2.24) is 0 Å². The molecule has 6 atom stereocenters. The Labute approximate surface area is 142 Å². The fourth-order valence-electron chi connectivity index (χ4n) is 7.55. The molecule has 3 saturated carbocycles. The standard InChI is InChI=1S/C22H34O/c1-21-13-4-3-6-16(21)8-10-18-19-11-9-17(7-5-15-23)22(19,2)14-12-20(18)21/h8,15,17-20H,3-7,9-14H2,1-2H3/t17?,18-,19-,20-,21-,22+/m0/s1. The molecule has 1 nitrogen and oxygen atoms in total. The summed E-state index contributed by atoms with van der Waals surface area (Å²) in [5.74, 6) is 3.62. The molecule has 4 rings (SSSR count). The Kier molecular flexibility index (Phi) is 3.97. The number of hydrogen-bond donors (Lipinski definition) is 0. The summed E-state index contributed by atoms with van der Waals surface area (Å²) in [6.45, 7) is 5.19. The van der Waals surface area contributed by atoms with E-state index in [1.165, 1.54) is 57.8 Å². The van der Waals surface area contributed by atoms with Crippen LogP contribution in [0, 0.1) is 34.5 Å². The van der Waals surface area contributed by atoms with E-state index in [0.29, 0.717) is 10.8 Å². The van der Waals surface area contributed by atoms with Gasteiger partial charge in [0.05, 0.1) is 0 Å². The van der Waals surface area contributed by atoms with Crippen LogP contribution in [0.1, 0.15) is 84.5 Å². The minimum absolute atomic E-state index is 0.528. The Morgan fingerprint density at radius 1 is 1.13 bits per heavy atom. The molecule has 1 unspecified atom stereocenters. The number of carbonyl (C=O) groups is 1. The molecule has 0 saturated heterocycles. The van der Waals surface area contributed by atoms with E-state index >= 15 is 0 Å². The fraction of sp³-hybridized carbons (Fsp3) is 0.864. The molecule has 0 aromatic heterocycles. The van der Waals surface area contributed by atoms with Crippen LogP contribution < -0.4 is 0 Å². The van der Waals surface area contributed by atoms with Crippen LogP contribution >= 0.6 is 0 Å². The molecule has 23 heavy (non-hydrogen) atoms. The van der Waals surface area contributed by atoms with Crippen LogP contribution in [0.2, 0.25) is 0 Å². The van der Waals surface area contributed by atoms with Gasteiger partial charge in [0.1, 0.15) is 6.29 Å². The van der Waals surface area contributed by atoms with Gasteiger partial charge in [0.25, 0.3) is 0 Å². The molecule has 0 radical (unpaired) electrons. The van der Waals surface area contributed by atoms with Crippen molar-refractivity contribution in [3.63, 3.8) is 0 Å². The van der Waals surface area contributed by atoms with Crippen molar-refractivity contribution in [3.05, 3.63) is 11.6 Å². The Balaban J connectivity index is 1.60. The number of carbonyl (C=O) groups excluding carboxylic acids is 1. The van der Waals surface area contributed by atoms with Gasteiger partial charge in [-0.3, -0.25) is 0 Å². The maximum Gasteiger partial charge on any atom is 0.120 e. The SMILES string of the molecule is C[C@]12CCCCC1=CC[C@@H]1[C@@H]2CC[C@]2(C)C(CCC=O)CC[C@@H]12. The van der Waals surface area contributed by atoms with Crippen LogP contribution in [-0.2, 0) is 4.79 Å². The monoisotopic (exact) mass is 314 g/mol. The highest BCUT2D eigenvalue weighted by Gasteiger charge is 2.57. The van der Waals surface area contributed by atoms with E-state index in [1.807, 2.05) is 5.57 Å². The van der Waals surface area contributed by atoms with E-state index in [9.17, 15) is 4.79 Å². The zero-order chi connectivity index (χ0) is 16.1. The van der Waals surface area contributed by atoms with Gasteiger partial charge in [-0.2, -0.15) is 0 Å². The van der Waals surface area contributed by atoms with E-state index in [0.717, 1.165) is 42.8 Å². The van der Waals surface area contributed by atoms with Crippen LogP contribution in [0.5, 0.6) is 0 Å². The molecule has 0 bridgehead atoms. The van der Waals surface area contributed by atoms with Crippen molar-refractivity contribution >= 4 is 6.29 Å². The topological polar surface area (TPSA) is 17.1 Å². The number of hydrogen-bond acceptors (Lipinski definition) is 1. The molecule has 1 heteroatoms. The lowest BCUT2D eigenvalue weighted by Crippen LogP contribution is -2.49. The lowest BCUT2D eigenvalue weighted by Gasteiger charge is -2.57. The predicted octanol–water partition coefficient (Wildman–Crippen LogP) is 5.93. The molecule has 0 heterocycles. The van der Waals surface area contributed by atoms with E-state index in [1.54, 1.807) is 0 Å². The van der Waals surface area contributed by atoms with E-state index < -0.39 is 0 Å². The van der Waals surface area contributed by atoms with E-state index in [-0.39, 0.29) is 0 Å². The summed E-state index contributed by atoms with van der Waals surface area (Å²) in [6.07, 6.45) is 18.5. The van der Waals surface area contributed by atoms with Crippen LogP contribution in [0.3, 0.4) is 0 Å². The van der Waals surface area contributed by atoms with Gasteiger partial charge in [-0.1, -0.05) is 31.9 Å². The second-order valence-electron chi connectivity index (χ2n) is 9.53. The number of allylic oxidation sites excluding steroid dienone is 2. The summed E-state index contributed by atoms with van der Waals surface area (Å²) in [5.41, 5.74) is 2.88. The third kappa shape index (κ3) is 2.29. The van der Waals surface area contributed by atoms with Gasteiger partial charge in [-0.25, -0.2) is 0 Å². The summed E-state index contributed by atoms with van der Waals surface area (Å²) in [4.78, 5) is 10.8. The van der Waals surface area contributed by atoms with Crippen molar-refractivity contribution in [1.29, 1.82) is 0 Å². The first-order valence-corrected chi connectivity index (χ1v) is 10.2. The van der Waals surface area contributed by atoms with Gasteiger partial charge < -0.3 is 4.79 Å². The van der Waals surface area contributed by atoms with Gasteiger partial charge in [0.2, 0.25) is 0 Å². The summed E-state index contributed by atoms with van der Waals surface area (Å²) in [5, 5.41) is 0. The van der Waals surface area contributed by atoms with Gasteiger partial charge in [0, 0.05) is 6.42 Å². The molecule has 4 aliphatic carbocycles. The molecular formula is C22H34O. The predicted molar refractivity (Wildman–Crippen MR) is 95.1 cm³/mol. The molecule has 0 aromatic rings. The Morgan fingerprint density at radius 3 is 2.83 bits per heavy atom. The Hall–Kier alpha value is -0.590. The van der Waals surface area contributed by atoms with Gasteiger partial charge >= 0.3 is 0 Å². The average molecular weight is 315 g/mol. The third-order valence-electron chi connectivity index (χ3n) is 8.85. The first-order valence-electron chi connectivity index (χ1n) is 10.2.